The highest BCUT2D eigenvalue weighted by molar-refractivity contribution is 5.96. The molecule has 0 radical (unpaired) electrons. The van der Waals surface area contributed by atoms with Crippen molar-refractivity contribution < 1.29 is 4.42 Å². The lowest BCUT2D eigenvalue weighted by Crippen LogP contribution is -2.35. The minimum atomic E-state index is 0.579. The lowest BCUT2D eigenvalue weighted by Gasteiger charge is -2.31. The number of piperidine rings is 1. The predicted molar refractivity (Wildman–Crippen MR) is 118 cm³/mol. The summed E-state index contributed by atoms with van der Waals surface area (Å²) in [4.78, 5) is 11.4. The summed E-state index contributed by atoms with van der Waals surface area (Å²) < 4.78 is 5.73. The number of nitrogens with zero attached hydrogens (tertiary/aromatic N) is 4. The van der Waals surface area contributed by atoms with Crippen LogP contribution in [0.25, 0.3) is 10.9 Å². The van der Waals surface area contributed by atoms with Gasteiger partial charge in [-0.15, -0.1) is 0 Å². The fraction of sp³-hybridized carbons (Fsp3) is 0.458. The molecule has 1 saturated heterocycles. The molecule has 4 rings (SSSR count). The highest BCUT2D eigenvalue weighted by Gasteiger charge is 2.21. The zero-order valence-electron chi connectivity index (χ0n) is 18.2. The Hall–Kier alpha value is -2.91. The molecular weight excluding hydrogens is 374 g/mol. The first-order chi connectivity index (χ1) is 14.4. The van der Waals surface area contributed by atoms with E-state index in [0.29, 0.717) is 11.5 Å². The summed E-state index contributed by atoms with van der Waals surface area (Å²) in [6.45, 7) is 11.8. The smallest absolute Gasteiger partial charge is 0.208 e. The largest absolute Gasteiger partial charge is 0.444 e. The molecule has 0 aliphatic carbocycles. The second kappa shape index (κ2) is 8.45. The molecule has 1 N–H and O–H groups in total. The van der Waals surface area contributed by atoms with E-state index in [-0.39, 0.29) is 0 Å². The van der Waals surface area contributed by atoms with Crippen LogP contribution in [0.3, 0.4) is 0 Å². The number of nitriles is 1. The van der Waals surface area contributed by atoms with Gasteiger partial charge in [0, 0.05) is 18.1 Å². The molecule has 0 bridgehead atoms. The Morgan fingerprint density at radius 3 is 2.63 bits per heavy atom. The minimum absolute atomic E-state index is 0.579. The number of aromatic nitrogens is 2. The first kappa shape index (κ1) is 20.4. The van der Waals surface area contributed by atoms with E-state index in [9.17, 15) is 5.26 Å². The van der Waals surface area contributed by atoms with Crippen LogP contribution in [0.2, 0.25) is 0 Å². The SMILES string of the molecule is Cc1cc(C)c2ncc(C#N)c(NCC3CCN(Cc4nc(C)c(C)o4)CC3)c2c1. The van der Waals surface area contributed by atoms with Crippen LogP contribution in [-0.2, 0) is 6.54 Å². The van der Waals surface area contributed by atoms with Crippen molar-refractivity contribution in [1.29, 1.82) is 5.26 Å². The van der Waals surface area contributed by atoms with Gasteiger partial charge in [-0.25, -0.2) is 4.98 Å². The molecule has 0 amide bonds. The van der Waals surface area contributed by atoms with Crippen LogP contribution in [0, 0.1) is 44.9 Å². The summed E-state index contributed by atoms with van der Waals surface area (Å²) in [6.07, 6.45) is 3.93. The molecule has 1 aliphatic heterocycles. The number of aryl methyl sites for hydroxylation is 4. The summed E-state index contributed by atoms with van der Waals surface area (Å²) in [5.74, 6) is 2.30. The molecular formula is C24H29N5O. The summed E-state index contributed by atoms with van der Waals surface area (Å²) in [5, 5.41) is 14.2. The van der Waals surface area contributed by atoms with Gasteiger partial charge < -0.3 is 9.73 Å². The minimum Gasteiger partial charge on any atom is -0.444 e. The van der Waals surface area contributed by atoms with Gasteiger partial charge >= 0.3 is 0 Å². The number of oxazole rings is 1. The van der Waals surface area contributed by atoms with Gasteiger partial charge in [0.2, 0.25) is 5.89 Å². The molecule has 3 aromatic rings. The van der Waals surface area contributed by atoms with Crippen LogP contribution in [0.5, 0.6) is 0 Å². The quantitative estimate of drug-likeness (QED) is 0.668. The van der Waals surface area contributed by atoms with E-state index in [1.807, 2.05) is 13.8 Å². The molecule has 0 saturated carbocycles. The summed E-state index contributed by atoms with van der Waals surface area (Å²) in [7, 11) is 0. The second-order valence-electron chi connectivity index (χ2n) is 8.49. The summed E-state index contributed by atoms with van der Waals surface area (Å²) >= 11 is 0. The molecule has 1 aliphatic rings. The van der Waals surface area contributed by atoms with Gasteiger partial charge in [0.1, 0.15) is 11.8 Å². The Bertz CT molecular complexity index is 1080. The molecule has 1 fully saturated rings. The third-order valence-corrected chi connectivity index (χ3v) is 6.13. The van der Waals surface area contributed by atoms with Gasteiger partial charge in [-0.3, -0.25) is 9.88 Å². The van der Waals surface area contributed by atoms with E-state index in [0.717, 1.165) is 78.5 Å². The van der Waals surface area contributed by atoms with Crippen LogP contribution in [0.15, 0.2) is 22.7 Å². The van der Waals surface area contributed by atoms with Crippen LogP contribution in [0.4, 0.5) is 5.69 Å². The highest BCUT2D eigenvalue weighted by atomic mass is 16.4. The standard InChI is InChI=1S/C24H29N5O/c1-15-9-16(2)23-21(10-15)24(20(11-25)13-27-23)26-12-19-5-7-29(8-6-19)14-22-28-17(3)18(4)30-22/h9-10,13,19H,5-8,12,14H2,1-4H3,(H,26,27). The number of nitrogens with one attached hydrogen (secondary N) is 1. The Labute approximate surface area is 177 Å². The van der Waals surface area contributed by atoms with E-state index in [1.165, 1.54) is 5.56 Å². The average molecular weight is 404 g/mol. The van der Waals surface area contributed by atoms with E-state index >= 15 is 0 Å². The van der Waals surface area contributed by atoms with Crippen LogP contribution < -0.4 is 5.32 Å². The molecule has 0 unspecified atom stereocenters. The molecule has 3 heterocycles. The van der Waals surface area contributed by atoms with E-state index in [4.69, 9.17) is 4.42 Å². The number of likely N-dealkylation sites (tertiary alicyclic amines) is 1. The van der Waals surface area contributed by atoms with Crippen LogP contribution >= 0.6 is 0 Å². The molecule has 1 aromatic carbocycles. The Kier molecular flexibility index (Phi) is 5.74. The summed E-state index contributed by atoms with van der Waals surface area (Å²) in [6, 6.07) is 6.57. The molecule has 0 spiro atoms. The zero-order valence-corrected chi connectivity index (χ0v) is 18.2. The maximum atomic E-state index is 9.60. The van der Waals surface area contributed by atoms with Crippen LogP contribution in [-0.4, -0.2) is 34.5 Å². The zero-order chi connectivity index (χ0) is 21.3. The average Bonchev–Trinajstić information content (AvgIpc) is 3.04. The maximum Gasteiger partial charge on any atom is 0.208 e. The van der Waals surface area contributed by atoms with Crippen molar-refractivity contribution in [3.8, 4) is 6.07 Å². The monoisotopic (exact) mass is 403 g/mol. The van der Waals surface area contributed by atoms with Gasteiger partial charge in [0.15, 0.2) is 0 Å². The number of hydrogen-bond acceptors (Lipinski definition) is 6. The third kappa shape index (κ3) is 4.17. The van der Waals surface area contributed by atoms with E-state index < -0.39 is 0 Å². The number of rotatable bonds is 5. The first-order valence-electron chi connectivity index (χ1n) is 10.6. The molecule has 30 heavy (non-hydrogen) atoms. The van der Waals surface area contributed by atoms with Gasteiger partial charge in [-0.05, 0) is 71.2 Å². The Balaban J connectivity index is 1.41. The molecule has 0 atom stereocenters. The topological polar surface area (TPSA) is 78.0 Å². The van der Waals surface area contributed by atoms with Crippen molar-refractivity contribution in [1.82, 2.24) is 14.9 Å². The maximum absolute atomic E-state index is 9.60. The Morgan fingerprint density at radius 1 is 1.20 bits per heavy atom. The fourth-order valence-corrected chi connectivity index (χ4v) is 4.33. The predicted octanol–water partition coefficient (Wildman–Crippen LogP) is 4.65. The first-order valence-corrected chi connectivity index (χ1v) is 10.6. The van der Waals surface area contributed by atoms with Crippen molar-refractivity contribution in [3.05, 3.63) is 52.4 Å². The van der Waals surface area contributed by atoms with Gasteiger partial charge in [-0.1, -0.05) is 11.6 Å². The number of fused-ring (bicyclic) bond motifs is 1. The van der Waals surface area contributed by atoms with Gasteiger partial charge in [-0.2, -0.15) is 5.26 Å². The molecule has 6 heteroatoms. The number of hydrogen-bond donors (Lipinski definition) is 1. The van der Waals surface area contributed by atoms with Crippen molar-refractivity contribution >= 4 is 16.6 Å². The lowest BCUT2D eigenvalue weighted by atomic mass is 9.96. The molecule has 6 nitrogen and oxygen atoms in total. The number of benzene rings is 1. The van der Waals surface area contributed by atoms with Crippen LogP contribution in [0.1, 0.15) is 46.9 Å². The summed E-state index contributed by atoms with van der Waals surface area (Å²) in [5.41, 5.74) is 5.80. The highest BCUT2D eigenvalue weighted by Crippen LogP contribution is 2.30. The van der Waals surface area contributed by atoms with Gasteiger partial charge in [0.05, 0.1) is 29.0 Å². The van der Waals surface area contributed by atoms with E-state index in [2.05, 4.69) is 52.2 Å². The molecule has 156 valence electrons. The third-order valence-electron chi connectivity index (χ3n) is 6.13. The second-order valence-corrected chi connectivity index (χ2v) is 8.49. The van der Waals surface area contributed by atoms with Crippen molar-refractivity contribution in [2.75, 3.05) is 25.0 Å². The van der Waals surface area contributed by atoms with Crippen molar-refractivity contribution in [2.45, 2.75) is 47.1 Å². The molecule has 2 aromatic heterocycles. The van der Waals surface area contributed by atoms with Gasteiger partial charge in [0.25, 0.3) is 0 Å². The van der Waals surface area contributed by atoms with E-state index in [1.54, 1.807) is 6.20 Å². The Morgan fingerprint density at radius 2 is 1.97 bits per heavy atom. The number of pyridine rings is 1. The lowest BCUT2D eigenvalue weighted by molar-refractivity contribution is 0.167. The van der Waals surface area contributed by atoms with Crippen molar-refractivity contribution in [3.63, 3.8) is 0 Å². The normalized spacial score (nSPS) is 15.4. The number of anilines is 1. The fourth-order valence-electron chi connectivity index (χ4n) is 4.33. The van der Waals surface area contributed by atoms with Crippen molar-refractivity contribution in [2.24, 2.45) is 5.92 Å².